The first kappa shape index (κ1) is 16.2. The number of rotatable bonds is 6. The predicted octanol–water partition coefficient (Wildman–Crippen LogP) is 0.851. The van der Waals surface area contributed by atoms with Crippen LogP contribution in [0.5, 0.6) is 0 Å². The van der Waals surface area contributed by atoms with Crippen LogP contribution in [0.4, 0.5) is 5.69 Å². The van der Waals surface area contributed by atoms with Gasteiger partial charge in [-0.15, -0.1) is 6.58 Å². The molecule has 0 bridgehead atoms. The number of piperazine rings is 1. The normalized spacial score (nSPS) is 16.9. The van der Waals surface area contributed by atoms with E-state index in [0.29, 0.717) is 11.0 Å². The smallest absolute Gasteiger partial charge is 0.283 e. The van der Waals surface area contributed by atoms with Crippen molar-refractivity contribution in [3.8, 4) is 0 Å². The van der Waals surface area contributed by atoms with Gasteiger partial charge < -0.3 is 10.2 Å². The molecule has 0 atom stereocenters. The Morgan fingerprint density at radius 3 is 2.81 bits per heavy atom. The summed E-state index contributed by atoms with van der Waals surface area (Å²) in [7, 11) is 2.15. The summed E-state index contributed by atoms with van der Waals surface area (Å²) in [5.41, 5.74) is 0.605. The fourth-order valence-corrected chi connectivity index (χ4v) is 2.71. The standard InChI is InChI=1S/C14H22BrN5O/c1-3-5-20-14(21)13(15)12(11-17-20)16-4-6-19-9-7-18(2)8-10-19/h3,11,16H,1,4-10H2,2H3. The first-order chi connectivity index (χ1) is 10.1. The minimum Gasteiger partial charge on any atom is -0.381 e. The molecule has 2 rings (SSSR count). The predicted molar refractivity (Wildman–Crippen MR) is 88.8 cm³/mol. The molecular formula is C14H22BrN5O. The summed E-state index contributed by atoms with van der Waals surface area (Å²) in [5.74, 6) is 0. The van der Waals surface area contributed by atoms with E-state index in [2.05, 4.69) is 49.8 Å². The quantitative estimate of drug-likeness (QED) is 0.766. The summed E-state index contributed by atoms with van der Waals surface area (Å²) in [6.45, 7) is 10.2. The molecule has 1 saturated heterocycles. The number of nitrogens with zero attached hydrogens (tertiary/aromatic N) is 4. The molecule has 21 heavy (non-hydrogen) atoms. The van der Waals surface area contributed by atoms with E-state index >= 15 is 0 Å². The first-order valence-electron chi connectivity index (χ1n) is 7.13. The summed E-state index contributed by atoms with van der Waals surface area (Å²) in [6, 6.07) is 0. The third-order valence-electron chi connectivity index (χ3n) is 3.63. The molecule has 0 saturated carbocycles. The van der Waals surface area contributed by atoms with Crippen molar-refractivity contribution in [2.75, 3.05) is 51.6 Å². The maximum atomic E-state index is 12.0. The van der Waals surface area contributed by atoms with Gasteiger partial charge in [0.2, 0.25) is 0 Å². The minimum absolute atomic E-state index is 0.139. The molecule has 1 N–H and O–H groups in total. The van der Waals surface area contributed by atoms with Gasteiger partial charge >= 0.3 is 0 Å². The van der Waals surface area contributed by atoms with Crippen LogP contribution in [-0.2, 0) is 6.54 Å². The largest absolute Gasteiger partial charge is 0.381 e. The second-order valence-corrected chi connectivity index (χ2v) is 6.01. The molecule has 0 amide bonds. The van der Waals surface area contributed by atoms with Gasteiger partial charge in [0.15, 0.2) is 0 Å². The Kier molecular flexibility index (Phi) is 5.96. The molecule has 7 heteroatoms. The molecule has 0 aromatic carbocycles. The number of aromatic nitrogens is 2. The highest BCUT2D eigenvalue weighted by molar-refractivity contribution is 9.10. The van der Waals surface area contributed by atoms with Gasteiger partial charge in [0, 0.05) is 39.3 Å². The average Bonchev–Trinajstić information content (AvgIpc) is 2.48. The number of likely N-dealkylation sites (N-methyl/N-ethyl adjacent to an activating group) is 1. The van der Waals surface area contributed by atoms with Crippen LogP contribution in [0.1, 0.15) is 0 Å². The topological polar surface area (TPSA) is 53.4 Å². The lowest BCUT2D eigenvalue weighted by Gasteiger charge is -2.32. The summed E-state index contributed by atoms with van der Waals surface area (Å²) < 4.78 is 1.90. The van der Waals surface area contributed by atoms with Crippen molar-refractivity contribution < 1.29 is 0 Å². The molecule has 2 heterocycles. The number of allylic oxidation sites excluding steroid dienone is 1. The van der Waals surface area contributed by atoms with Gasteiger partial charge in [0.05, 0.1) is 18.4 Å². The van der Waals surface area contributed by atoms with Crippen molar-refractivity contribution in [3.63, 3.8) is 0 Å². The zero-order valence-electron chi connectivity index (χ0n) is 12.4. The average molecular weight is 356 g/mol. The highest BCUT2D eigenvalue weighted by atomic mass is 79.9. The van der Waals surface area contributed by atoms with E-state index in [4.69, 9.17) is 0 Å². The molecule has 1 aliphatic heterocycles. The second-order valence-electron chi connectivity index (χ2n) is 5.22. The molecule has 0 aliphatic carbocycles. The molecule has 0 unspecified atom stereocenters. The van der Waals surface area contributed by atoms with Crippen LogP contribution in [0.3, 0.4) is 0 Å². The van der Waals surface area contributed by atoms with Gasteiger partial charge in [-0.05, 0) is 23.0 Å². The number of nitrogens with one attached hydrogen (secondary N) is 1. The Morgan fingerprint density at radius 2 is 2.14 bits per heavy atom. The van der Waals surface area contributed by atoms with Crippen LogP contribution in [0.2, 0.25) is 0 Å². The Hall–Kier alpha value is -1.18. The van der Waals surface area contributed by atoms with Gasteiger partial charge in [0.1, 0.15) is 4.47 Å². The van der Waals surface area contributed by atoms with Crippen LogP contribution in [0.25, 0.3) is 0 Å². The second kappa shape index (κ2) is 7.72. The third kappa shape index (κ3) is 4.39. The maximum absolute atomic E-state index is 12.0. The Morgan fingerprint density at radius 1 is 1.43 bits per heavy atom. The van der Waals surface area contributed by atoms with Crippen LogP contribution >= 0.6 is 15.9 Å². The molecule has 6 nitrogen and oxygen atoms in total. The first-order valence-corrected chi connectivity index (χ1v) is 7.92. The molecule has 1 aromatic heterocycles. The molecule has 0 radical (unpaired) electrons. The lowest BCUT2D eigenvalue weighted by molar-refractivity contribution is 0.158. The molecule has 0 spiro atoms. The number of halogens is 1. The Bertz CT molecular complexity index is 537. The van der Waals surface area contributed by atoms with E-state index in [9.17, 15) is 4.79 Å². The van der Waals surface area contributed by atoms with Crippen LogP contribution in [0.15, 0.2) is 28.1 Å². The lowest BCUT2D eigenvalue weighted by Crippen LogP contribution is -2.45. The van der Waals surface area contributed by atoms with E-state index < -0.39 is 0 Å². The highest BCUT2D eigenvalue weighted by Gasteiger charge is 2.13. The van der Waals surface area contributed by atoms with Crippen LogP contribution in [0, 0.1) is 0 Å². The van der Waals surface area contributed by atoms with Gasteiger partial charge in [-0.3, -0.25) is 9.69 Å². The van der Waals surface area contributed by atoms with E-state index in [1.165, 1.54) is 4.68 Å². The molecule has 116 valence electrons. The fraction of sp³-hybridized carbons (Fsp3) is 0.571. The van der Waals surface area contributed by atoms with E-state index in [1.54, 1.807) is 12.3 Å². The molecule has 1 aliphatic rings. The maximum Gasteiger partial charge on any atom is 0.283 e. The van der Waals surface area contributed by atoms with E-state index in [-0.39, 0.29) is 5.56 Å². The SMILES string of the molecule is C=CCn1ncc(NCCN2CCN(C)CC2)c(Br)c1=O. The van der Waals surface area contributed by atoms with Gasteiger partial charge in [-0.25, -0.2) is 4.68 Å². The van der Waals surface area contributed by atoms with Crippen LogP contribution < -0.4 is 10.9 Å². The monoisotopic (exact) mass is 355 g/mol. The summed E-state index contributed by atoms with van der Waals surface area (Å²) in [6.07, 6.45) is 3.33. The van der Waals surface area contributed by atoms with Gasteiger partial charge in [-0.2, -0.15) is 5.10 Å². The zero-order valence-corrected chi connectivity index (χ0v) is 14.0. The number of hydrogen-bond acceptors (Lipinski definition) is 5. The third-order valence-corrected chi connectivity index (χ3v) is 4.39. The van der Waals surface area contributed by atoms with Crippen molar-refractivity contribution in [2.45, 2.75) is 6.54 Å². The highest BCUT2D eigenvalue weighted by Crippen LogP contribution is 2.15. The van der Waals surface area contributed by atoms with Gasteiger partial charge in [-0.1, -0.05) is 6.08 Å². The van der Waals surface area contributed by atoms with Crippen molar-refractivity contribution in [1.29, 1.82) is 0 Å². The fourth-order valence-electron chi connectivity index (χ4n) is 2.26. The minimum atomic E-state index is -0.139. The molecule has 1 aromatic rings. The van der Waals surface area contributed by atoms with Crippen LogP contribution in [-0.4, -0.2) is 65.9 Å². The van der Waals surface area contributed by atoms with Gasteiger partial charge in [0.25, 0.3) is 5.56 Å². The summed E-state index contributed by atoms with van der Waals surface area (Å²) in [4.78, 5) is 16.8. The number of anilines is 1. The Labute approximate surface area is 133 Å². The molecule has 1 fully saturated rings. The molecular weight excluding hydrogens is 334 g/mol. The Balaban J connectivity index is 1.87. The van der Waals surface area contributed by atoms with Crippen molar-refractivity contribution >= 4 is 21.6 Å². The van der Waals surface area contributed by atoms with Crippen molar-refractivity contribution in [3.05, 3.63) is 33.7 Å². The van der Waals surface area contributed by atoms with E-state index in [0.717, 1.165) is 45.0 Å². The lowest BCUT2D eigenvalue weighted by atomic mass is 10.3. The zero-order chi connectivity index (χ0) is 15.2. The van der Waals surface area contributed by atoms with Crippen molar-refractivity contribution in [1.82, 2.24) is 19.6 Å². The van der Waals surface area contributed by atoms with E-state index in [1.807, 2.05) is 0 Å². The summed E-state index contributed by atoms with van der Waals surface area (Å²) >= 11 is 3.34. The summed E-state index contributed by atoms with van der Waals surface area (Å²) in [5, 5.41) is 7.40. The number of hydrogen-bond donors (Lipinski definition) is 1. The van der Waals surface area contributed by atoms with Crippen molar-refractivity contribution in [2.24, 2.45) is 0 Å².